The Balaban J connectivity index is 1.46. The smallest absolute Gasteiger partial charge is 0.226 e. The number of anilines is 1. The number of nitrogens with one attached hydrogen (secondary N) is 2. The van der Waals surface area contributed by atoms with Crippen LogP contribution < -0.4 is 15.4 Å². The van der Waals surface area contributed by atoms with Crippen molar-refractivity contribution in [2.75, 3.05) is 19.0 Å². The molecule has 1 saturated heterocycles. The van der Waals surface area contributed by atoms with Gasteiger partial charge in [-0.1, -0.05) is 18.2 Å². The number of ether oxygens (including phenoxy) is 1. The molecule has 2 N–H and O–H groups in total. The van der Waals surface area contributed by atoms with Gasteiger partial charge in [-0.05, 0) is 105 Å². The second-order valence-corrected chi connectivity index (χ2v) is 10.7. The summed E-state index contributed by atoms with van der Waals surface area (Å²) in [5, 5.41) is 7.21. The molecular formula is C32H35N5O2S. The predicted molar refractivity (Wildman–Crippen MR) is 163 cm³/mol. The van der Waals surface area contributed by atoms with Gasteiger partial charge in [0.05, 0.1) is 24.9 Å². The Morgan fingerprint density at radius 3 is 2.52 bits per heavy atom. The van der Waals surface area contributed by atoms with Crippen molar-refractivity contribution in [2.24, 2.45) is 0 Å². The maximum atomic E-state index is 13.1. The minimum Gasteiger partial charge on any atom is -0.497 e. The van der Waals surface area contributed by atoms with Gasteiger partial charge in [0.25, 0.3) is 0 Å². The van der Waals surface area contributed by atoms with E-state index in [0.29, 0.717) is 18.1 Å². The number of aryl methyl sites for hydroxylation is 3. The van der Waals surface area contributed by atoms with Crippen molar-refractivity contribution in [3.05, 3.63) is 107 Å². The summed E-state index contributed by atoms with van der Waals surface area (Å²) < 4.78 is 7.61. The summed E-state index contributed by atoms with van der Waals surface area (Å²) in [6.45, 7) is 8.74. The van der Waals surface area contributed by atoms with Gasteiger partial charge in [-0.15, -0.1) is 0 Å². The molecule has 206 valence electrons. The summed E-state index contributed by atoms with van der Waals surface area (Å²) in [7, 11) is 1.67. The number of carbonyl (C=O) groups is 1. The van der Waals surface area contributed by atoms with Crippen LogP contribution in [0.15, 0.2) is 72.9 Å². The number of pyridine rings is 1. The van der Waals surface area contributed by atoms with E-state index < -0.39 is 0 Å². The van der Waals surface area contributed by atoms with Crippen LogP contribution in [0.25, 0.3) is 5.69 Å². The molecule has 0 aliphatic carbocycles. The fourth-order valence-corrected chi connectivity index (χ4v) is 5.84. The zero-order valence-electron chi connectivity index (χ0n) is 23.6. The summed E-state index contributed by atoms with van der Waals surface area (Å²) in [5.74, 6) is 0.776. The monoisotopic (exact) mass is 553 g/mol. The van der Waals surface area contributed by atoms with Crippen molar-refractivity contribution in [1.29, 1.82) is 0 Å². The number of benzene rings is 2. The van der Waals surface area contributed by atoms with E-state index in [1.165, 1.54) is 0 Å². The number of thiocarbonyl (C=S) groups is 1. The Bertz CT molecular complexity index is 1530. The first-order valence-corrected chi connectivity index (χ1v) is 13.9. The minimum absolute atomic E-state index is 0.0414. The SMILES string of the molecule is COc1ccc(-n2c(C)cc([C@H]3[C@@H](c4ccccn4)NC(=S)N3CCC(=O)Nc3cc(C)ccc3C)c2C)cc1. The zero-order chi connectivity index (χ0) is 28.4. The van der Waals surface area contributed by atoms with Crippen molar-refractivity contribution in [1.82, 2.24) is 19.8 Å². The van der Waals surface area contributed by atoms with Crippen LogP contribution in [0.2, 0.25) is 0 Å². The molecule has 0 unspecified atom stereocenters. The maximum Gasteiger partial charge on any atom is 0.226 e. The Hall–Kier alpha value is -4.17. The number of methoxy groups -OCH3 is 1. The van der Waals surface area contributed by atoms with Crippen LogP contribution >= 0.6 is 12.2 Å². The molecule has 7 nitrogen and oxygen atoms in total. The molecule has 1 aliphatic heterocycles. The first-order chi connectivity index (χ1) is 19.3. The van der Waals surface area contributed by atoms with Gasteiger partial charge >= 0.3 is 0 Å². The predicted octanol–water partition coefficient (Wildman–Crippen LogP) is 6.12. The highest BCUT2D eigenvalue weighted by Crippen LogP contribution is 2.41. The quantitative estimate of drug-likeness (QED) is 0.256. The molecule has 3 heterocycles. The highest BCUT2D eigenvalue weighted by atomic mass is 32.1. The standard InChI is InChI=1S/C32H35N5O2S/c1-20-9-10-21(2)28(18-20)34-29(38)15-17-36-31(30(35-32(36)40)27-8-6-7-16-33-27)26-19-22(3)37(23(26)4)24-11-13-25(39-5)14-12-24/h6-14,16,18-19,30-31H,15,17H2,1-5H3,(H,34,38)(H,35,40)/t30-,31+/m1/s1. The molecule has 1 fully saturated rings. The van der Waals surface area contributed by atoms with E-state index in [1.54, 1.807) is 13.3 Å². The minimum atomic E-state index is -0.152. The lowest BCUT2D eigenvalue weighted by molar-refractivity contribution is -0.116. The lowest BCUT2D eigenvalue weighted by atomic mass is 9.96. The van der Waals surface area contributed by atoms with Crippen molar-refractivity contribution < 1.29 is 9.53 Å². The van der Waals surface area contributed by atoms with E-state index in [9.17, 15) is 4.79 Å². The third kappa shape index (κ3) is 5.45. The van der Waals surface area contributed by atoms with E-state index in [4.69, 9.17) is 17.0 Å². The van der Waals surface area contributed by atoms with E-state index in [2.05, 4.69) is 57.1 Å². The number of hydrogen-bond donors (Lipinski definition) is 2. The summed E-state index contributed by atoms with van der Waals surface area (Å²) >= 11 is 5.85. The second kappa shape index (κ2) is 11.5. The summed E-state index contributed by atoms with van der Waals surface area (Å²) in [6, 6.07) is 22.0. The molecule has 0 radical (unpaired) electrons. The molecule has 0 saturated carbocycles. The largest absolute Gasteiger partial charge is 0.497 e. The Morgan fingerprint density at radius 2 is 1.82 bits per heavy atom. The summed E-state index contributed by atoms with van der Waals surface area (Å²) in [4.78, 5) is 19.9. The fraction of sp³-hybridized carbons (Fsp3) is 0.281. The van der Waals surface area contributed by atoms with Gasteiger partial charge in [0.15, 0.2) is 5.11 Å². The highest BCUT2D eigenvalue weighted by molar-refractivity contribution is 7.80. The second-order valence-electron chi connectivity index (χ2n) is 10.3. The van der Waals surface area contributed by atoms with Crippen LogP contribution in [-0.2, 0) is 4.79 Å². The van der Waals surface area contributed by atoms with Gasteiger partial charge in [0.2, 0.25) is 5.91 Å². The highest BCUT2D eigenvalue weighted by Gasteiger charge is 2.41. The number of amides is 1. The third-order valence-corrected chi connectivity index (χ3v) is 7.92. The number of hydrogen-bond acceptors (Lipinski definition) is 4. The molecule has 4 aromatic rings. The van der Waals surface area contributed by atoms with E-state index >= 15 is 0 Å². The van der Waals surface area contributed by atoms with Gasteiger partial charge in [0.1, 0.15) is 5.75 Å². The van der Waals surface area contributed by atoms with E-state index in [1.807, 2.05) is 62.4 Å². The molecule has 1 aliphatic rings. The van der Waals surface area contributed by atoms with Gasteiger partial charge in [-0.25, -0.2) is 0 Å². The molecule has 2 aromatic carbocycles. The molecule has 40 heavy (non-hydrogen) atoms. The van der Waals surface area contributed by atoms with Gasteiger partial charge in [0, 0.05) is 41.9 Å². The van der Waals surface area contributed by atoms with Crippen molar-refractivity contribution >= 4 is 28.9 Å². The summed E-state index contributed by atoms with van der Waals surface area (Å²) in [6.07, 6.45) is 2.11. The van der Waals surface area contributed by atoms with Crippen molar-refractivity contribution in [3.63, 3.8) is 0 Å². The molecule has 0 bridgehead atoms. The maximum absolute atomic E-state index is 13.1. The lowest BCUT2D eigenvalue weighted by Crippen LogP contribution is -2.33. The lowest BCUT2D eigenvalue weighted by Gasteiger charge is -2.28. The van der Waals surface area contributed by atoms with Crippen LogP contribution in [0.5, 0.6) is 5.75 Å². The number of rotatable bonds is 8. The average Bonchev–Trinajstić information content (AvgIpc) is 3.44. The molecule has 8 heteroatoms. The Morgan fingerprint density at radius 1 is 1.05 bits per heavy atom. The number of nitrogens with zero attached hydrogens (tertiary/aromatic N) is 3. The first kappa shape index (κ1) is 27.4. The molecule has 0 spiro atoms. The third-order valence-electron chi connectivity index (χ3n) is 7.56. The fourth-order valence-electron chi connectivity index (χ4n) is 5.51. The number of carbonyl (C=O) groups excluding carboxylic acids is 1. The van der Waals surface area contributed by atoms with Crippen molar-refractivity contribution in [2.45, 2.75) is 46.2 Å². The van der Waals surface area contributed by atoms with E-state index in [0.717, 1.165) is 50.9 Å². The molecule has 1 amide bonds. The topological polar surface area (TPSA) is 71.4 Å². The summed E-state index contributed by atoms with van der Waals surface area (Å²) in [5.41, 5.74) is 8.33. The van der Waals surface area contributed by atoms with Gasteiger partial charge in [-0.3, -0.25) is 9.78 Å². The number of aromatic nitrogens is 2. The molecule has 2 atom stereocenters. The van der Waals surface area contributed by atoms with Crippen LogP contribution in [0.3, 0.4) is 0 Å². The van der Waals surface area contributed by atoms with Crippen LogP contribution in [0.1, 0.15) is 52.3 Å². The van der Waals surface area contributed by atoms with Gasteiger partial charge < -0.3 is 24.8 Å². The van der Waals surface area contributed by atoms with Crippen LogP contribution in [0.4, 0.5) is 5.69 Å². The molecular weight excluding hydrogens is 518 g/mol. The van der Waals surface area contributed by atoms with Crippen molar-refractivity contribution in [3.8, 4) is 11.4 Å². The Labute approximate surface area is 241 Å². The van der Waals surface area contributed by atoms with Crippen LogP contribution in [0, 0.1) is 27.7 Å². The van der Waals surface area contributed by atoms with E-state index in [-0.39, 0.29) is 18.0 Å². The zero-order valence-corrected chi connectivity index (χ0v) is 24.4. The Kier molecular flexibility index (Phi) is 7.89. The average molecular weight is 554 g/mol. The molecule has 5 rings (SSSR count). The normalized spacial score (nSPS) is 16.6. The van der Waals surface area contributed by atoms with Gasteiger partial charge in [-0.2, -0.15) is 0 Å². The molecule has 2 aromatic heterocycles. The first-order valence-electron chi connectivity index (χ1n) is 13.4. The van der Waals surface area contributed by atoms with Crippen LogP contribution in [-0.4, -0.2) is 39.1 Å².